The second-order valence-corrected chi connectivity index (χ2v) is 0.728. The predicted octanol–water partition coefficient (Wildman–Crippen LogP) is 0.959. The van der Waals surface area contributed by atoms with Crippen LogP contribution in [0.25, 0.3) is 0 Å². The normalized spacial score (nSPS) is 5.62. The summed E-state index contributed by atoms with van der Waals surface area (Å²) in [7, 11) is 0. The van der Waals surface area contributed by atoms with Crippen LogP contribution in [-0.4, -0.2) is 12.9 Å². The van der Waals surface area contributed by atoms with Gasteiger partial charge in [0.2, 0.25) is 0 Å². The van der Waals surface area contributed by atoms with Gasteiger partial charge in [0.1, 0.15) is 0 Å². The van der Waals surface area contributed by atoms with E-state index in [1.807, 2.05) is 6.92 Å². The van der Waals surface area contributed by atoms with E-state index in [4.69, 9.17) is 0 Å². The van der Waals surface area contributed by atoms with Gasteiger partial charge in [-0.05, 0) is 6.92 Å². The largest absolute Gasteiger partial charge is 0.527 e. The van der Waals surface area contributed by atoms with Crippen LogP contribution in [0.2, 0.25) is 0 Å². The Hall–Kier alpha value is 0.603. The summed E-state index contributed by atoms with van der Waals surface area (Å²) in [4.78, 5) is 9.38. The molecule has 0 aliphatic rings. The van der Waals surface area contributed by atoms with E-state index >= 15 is 0 Å². The van der Waals surface area contributed by atoms with Crippen molar-refractivity contribution in [2.75, 3.05) is 6.61 Å². The summed E-state index contributed by atoms with van der Waals surface area (Å²) < 4.78 is 4.49. The maximum absolute atomic E-state index is 9.38. The molecule has 0 saturated carbocycles. The molecule has 0 saturated heterocycles. The van der Waals surface area contributed by atoms with Crippen molar-refractivity contribution in [2.24, 2.45) is 0 Å². The molecule has 0 unspecified atom stereocenters. The molecule has 0 atom stereocenters. The van der Waals surface area contributed by atoms with Gasteiger partial charge < -0.3 is 9.53 Å². The quantitative estimate of drug-likeness (QED) is 0.314. The van der Waals surface area contributed by atoms with Crippen molar-refractivity contribution < 1.29 is 29.0 Å². The molecule has 46 valence electrons. The van der Waals surface area contributed by atoms with Gasteiger partial charge in [-0.25, -0.2) is 6.61 Å². The molecule has 0 N–H and O–H groups in total. The maximum Gasteiger partial charge on any atom is 0.0114 e. The average Bonchev–Trinajstić information content (AvgIpc) is 1.61. The Kier molecular flexibility index (Phi) is 31.0. The van der Waals surface area contributed by atoms with Crippen LogP contribution in [0, 0.1) is 6.61 Å². The van der Waals surface area contributed by atoms with E-state index in [1.165, 1.54) is 0 Å². The first-order valence-corrected chi connectivity index (χ1v) is 1.80. The fourth-order valence-electron chi connectivity index (χ4n) is 0.136. The third kappa shape index (κ3) is 16.0. The third-order valence-corrected chi connectivity index (χ3v) is 0.318. The second-order valence-electron chi connectivity index (χ2n) is 0.728. The van der Waals surface area contributed by atoms with Crippen molar-refractivity contribution in [1.29, 1.82) is 0 Å². The predicted molar refractivity (Wildman–Crippen MR) is 32.3 cm³/mol. The number of aldehydes is 1. The summed E-state index contributed by atoms with van der Waals surface area (Å²) in [6, 6.07) is 0. The molecule has 0 aromatic heterocycles. The molecule has 0 heterocycles. The molecular weight excluding hydrogens is 225 g/mol. The molecule has 4 heteroatoms. The van der Waals surface area contributed by atoms with E-state index in [9.17, 15) is 4.79 Å². The van der Waals surface area contributed by atoms with Crippen LogP contribution in [0.1, 0.15) is 6.92 Å². The summed E-state index contributed by atoms with van der Waals surface area (Å²) in [6.45, 7) is 3.51. The van der Waals surface area contributed by atoms with Gasteiger partial charge in [0.25, 0.3) is 0 Å². The Morgan fingerprint density at radius 2 is 2.25 bits per heavy atom. The van der Waals surface area contributed by atoms with Gasteiger partial charge >= 0.3 is 0 Å². The zero-order valence-corrected chi connectivity index (χ0v) is 9.47. The molecule has 0 aliphatic carbocycles. The maximum atomic E-state index is 9.38. The van der Waals surface area contributed by atoms with Gasteiger partial charge in [-0.2, -0.15) is 0 Å². The zero-order valence-electron chi connectivity index (χ0n) is 4.79. The molecule has 0 fully saturated rings. The SMILES string of the molecule is Br.CCO[CH-]C=O.[Zn]. The van der Waals surface area contributed by atoms with Crippen molar-refractivity contribution in [2.45, 2.75) is 6.92 Å². The van der Waals surface area contributed by atoms with Crippen LogP contribution in [0.15, 0.2) is 0 Å². The Labute approximate surface area is 72.5 Å². The molecule has 0 aromatic rings. The Morgan fingerprint density at radius 3 is 2.38 bits per heavy atom. The molecule has 0 spiro atoms. The van der Waals surface area contributed by atoms with Crippen LogP contribution < -0.4 is 0 Å². The van der Waals surface area contributed by atoms with E-state index in [-0.39, 0.29) is 36.5 Å². The Balaban J connectivity index is -0.000000125. The summed E-state index contributed by atoms with van der Waals surface area (Å²) in [5.74, 6) is 0. The number of carbonyl (C=O) groups excluding carboxylic acids is 1. The molecule has 0 rings (SSSR count). The van der Waals surface area contributed by atoms with Crippen LogP contribution in [0.3, 0.4) is 0 Å². The number of ether oxygens (including phenoxy) is 1. The molecule has 0 aromatic carbocycles. The van der Waals surface area contributed by atoms with Crippen LogP contribution in [-0.2, 0) is 29.0 Å². The number of hydrogen-bond acceptors (Lipinski definition) is 2. The topological polar surface area (TPSA) is 26.3 Å². The summed E-state index contributed by atoms with van der Waals surface area (Å²) >= 11 is 0. The minimum atomic E-state index is 0. The molecule has 0 radical (unpaired) electrons. The van der Waals surface area contributed by atoms with Crippen molar-refractivity contribution in [3.8, 4) is 0 Å². The number of halogens is 1. The second kappa shape index (κ2) is 15.6. The molecule has 0 bridgehead atoms. The van der Waals surface area contributed by atoms with Crippen LogP contribution in [0.4, 0.5) is 0 Å². The smallest absolute Gasteiger partial charge is 0.0114 e. The number of carbonyl (C=O) groups is 1. The monoisotopic (exact) mass is 231 g/mol. The van der Waals surface area contributed by atoms with Crippen molar-refractivity contribution in [1.82, 2.24) is 0 Å². The molecule has 8 heavy (non-hydrogen) atoms. The third-order valence-electron chi connectivity index (χ3n) is 0.318. The first kappa shape index (κ1) is 15.8. The van der Waals surface area contributed by atoms with Crippen LogP contribution in [0.5, 0.6) is 0 Å². The Morgan fingerprint density at radius 1 is 1.75 bits per heavy atom. The van der Waals surface area contributed by atoms with Crippen molar-refractivity contribution >= 4 is 23.3 Å². The van der Waals surface area contributed by atoms with Gasteiger partial charge in [-0.15, -0.1) is 17.0 Å². The number of rotatable bonds is 3. The van der Waals surface area contributed by atoms with Gasteiger partial charge in [0.15, 0.2) is 0 Å². The molecule has 0 aliphatic heterocycles. The standard InChI is InChI=1S/C4H7O2.BrH.Zn/c1-2-6-4-3-5;;/h3-4H,2H2,1H3;1H;/q-1;;. The van der Waals surface area contributed by atoms with Gasteiger partial charge in [-0.3, -0.25) is 0 Å². The summed E-state index contributed by atoms with van der Waals surface area (Å²) in [5, 5.41) is 0. The van der Waals surface area contributed by atoms with E-state index in [1.54, 1.807) is 0 Å². The zero-order chi connectivity index (χ0) is 4.83. The van der Waals surface area contributed by atoms with E-state index in [0.717, 1.165) is 6.61 Å². The molecule has 2 nitrogen and oxygen atoms in total. The fraction of sp³-hybridized carbons (Fsp3) is 0.500. The van der Waals surface area contributed by atoms with Crippen LogP contribution >= 0.6 is 17.0 Å². The van der Waals surface area contributed by atoms with Crippen molar-refractivity contribution in [3.05, 3.63) is 6.61 Å². The first-order valence-electron chi connectivity index (χ1n) is 1.80. The average molecular weight is 233 g/mol. The Bertz CT molecular complexity index is 43.0. The summed E-state index contributed by atoms with van der Waals surface area (Å²) in [5.41, 5.74) is 0. The van der Waals surface area contributed by atoms with E-state index < -0.39 is 0 Å². The van der Waals surface area contributed by atoms with E-state index in [2.05, 4.69) is 4.74 Å². The fourth-order valence-corrected chi connectivity index (χ4v) is 0.136. The van der Waals surface area contributed by atoms with Gasteiger partial charge in [-0.1, -0.05) is 0 Å². The summed E-state index contributed by atoms with van der Waals surface area (Å²) in [6.07, 6.45) is 0.615. The molecule has 0 amide bonds. The molecular formula is C4H8BrO2Zn-. The van der Waals surface area contributed by atoms with E-state index in [0.29, 0.717) is 12.9 Å². The number of hydrogen-bond donors (Lipinski definition) is 0. The van der Waals surface area contributed by atoms with Gasteiger partial charge in [0.05, 0.1) is 0 Å². The first-order chi connectivity index (χ1) is 2.91. The minimum absolute atomic E-state index is 0. The minimum Gasteiger partial charge on any atom is -0.527 e. The van der Waals surface area contributed by atoms with Gasteiger partial charge in [0, 0.05) is 32.4 Å². The van der Waals surface area contributed by atoms with Crippen molar-refractivity contribution in [3.63, 3.8) is 0 Å².